The lowest BCUT2D eigenvalue weighted by molar-refractivity contribution is -0.121. The molecule has 0 bridgehead atoms. The van der Waals surface area contributed by atoms with E-state index in [4.69, 9.17) is 4.74 Å². The molecule has 6 heteroatoms. The zero-order chi connectivity index (χ0) is 18.4. The molecule has 2 N–H and O–H groups in total. The fourth-order valence-electron chi connectivity index (χ4n) is 2.29. The van der Waals surface area contributed by atoms with Gasteiger partial charge in [-0.1, -0.05) is 26.0 Å². The Hall–Kier alpha value is -2.34. The van der Waals surface area contributed by atoms with E-state index < -0.39 is 5.60 Å². The van der Waals surface area contributed by atoms with Gasteiger partial charge in [-0.15, -0.1) is 0 Å². The number of ether oxygens (including phenoxy) is 1. The number of aliphatic hydroxyl groups is 1. The molecule has 1 atom stereocenters. The highest BCUT2D eigenvalue weighted by molar-refractivity contribution is 5.78. The van der Waals surface area contributed by atoms with Crippen molar-refractivity contribution in [2.24, 2.45) is 13.0 Å². The topological polar surface area (TPSA) is 76.4 Å². The molecule has 2 aromatic rings. The fourth-order valence-corrected chi connectivity index (χ4v) is 2.29. The van der Waals surface area contributed by atoms with Gasteiger partial charge in [-0.25, -0.2) is 0 Å². The Kier molecular flexibility index (Phi) is 6.20. The Bertz CT molecular complexity index is 690. The van der Waals surface area contributed by atoms with Crippen LogP contribution < -0.4 is 10.1 Å². The summed E-state index contributed by atoms with van der Waals surface area (Å²) in [5.41, 5.74) is 0.413. The number of hydrogen-bond acceptors (Lipinski definition) is 4. The Balaban J connectivity index is 1.83. The third-order valence-corrected chi connectivity index (χ3v) is 3.83. The van der Waals surface area contributed by atoms with E-state index >= 15 is 0 Å². The number of rotatable bonds is 8. The summed E-state index contributed by atoms with van der Waals surface area (Å²) in [6.07, 6.45) is 3.59. The van der Waals surface area contributed by atoms with Gasteiger partial charge in [-0.05, 0) is 30.5 Å². The Labute approximate surface area is 148 Å². The van der Waals surface area contributed by atoms with Crippen molar-refractivity contribution in [2.75, 3.05) is 13.2 Å². The van der Waals surface area contributed by atoms with Crippen LogP contribution in [0, 0.1) is 5.92 Å². The van der Waals surface area contributed by atoms with Gasteiger partial charge >= 0.3 is 0 Å². The zero-order valence-electron chi connectivity index (χ0n) is 15.3. The summed E-state index contributed by atoms with van der Waals surface area (Å²) in [7, 11) is 1.78. The lowest BCUT2D eigenvalue weighted by Gasteiger charge is -2.22. The number of nitrogens with zero attached hydrogens (tertiary/aromatic N) is 2. The Morgan fingerprint density at radius 2 is 2.04 bits per heavy atom. The van der Waals surface area contributed by atoms with Gasteiger partial charge in [0.15, 0.2) is 0 Å². The van der Waals surface area contributed by atoms with Crippen molar-refractivity contribution in [3.63, 3.8) is 0 Å². The van der Waals surface area contributed by atoms with Crippen LogP contribution in [0.1, 0.15) is 31.9 Å². The summed E-state index contributed by atoms with van der Waals surface area (Å²) in [5, 5.41) is 17.3. The normalized spacial score (nSPS) is 13.5. The molecule has 25 heavy (non-hydrogen) atoms. The van der Waals surface area contributed by atoms with Gasteiger partial charge in [0.1, 0.15) is 11.4 Å². The molecule has 1 unspecified atom stereocenters. The average Bonchev–Trinajstić information content (AvgIpc) is 3.00. The first kappa shape index (κ1) is 19.0. The summed E-state index contributed by atoms with van der Waals surface area (Å²) in [4.78, 5) is 12.1. The number of nitrogens with one attached hydrogen (secondary N) is 1. The second-order valence-corrected chi connectivity index (χ2v) is 6.98. The van der Waals surface area contributed by atoms with Gasteiger partial charge in [-0.2, -0.15) is 5.10 Å². The number of hydrogen-bond donors (Lipinski definition) is 2. The van der Waals surface area contributed by atoms with E-state index in [1.807, 2.05) is 24.3 Å². The smallest absolute Gasteiger partial charge is 0.224 e. The van der Waals surface area contributed by atoms with Crippen molar-refractivity contribution in [1.29, 1.82) is 0 Å². The van der Waals surface area contributed by atoms with E-state index in [0.717, 1.165) is 11.3 Å². The van der Waals surface area contributed by atoms with E-state index in [0.29, 0.717) is 18.1 Å². The second kappa shape index (κ2) is 8.16. The summed E-state index contributed by atoms with van der Waals surface area (Å²) in [6.45, 7) is 6.65. The van der Waals surface area contributed by atoms with Crippen molar-refractivity contribution in [3.05, 3.63) is 47.8 Å². The summed E-state index contributed by atoms with van der Waals surface area (Å²) in [6, 6.07) is 7.51. The molecule has 1 amide bonds. The van der Waals surface area contributed by atoms with E-state index in [9.17, 15) is 9.90 Å². The molecule has 6 nitrogen and oxygen atoms in total. The maximum Gasteiger partial charge on any atom is 0.224 e. The minimum absolute atomic E-state index is 0.132. The van der Waals surface area contributed by atoms with Gasteiger partial charge in [0.05, 0.1) is 25.8 Å². The quantitative estimate of drug-likeness (QED) is 0.767. The van der Waals surface area contributed by atoms with E-state index in [1.54, 1.807) is 31.0 Å². The second-order valence-electron chi connectivity index (χ2n) is 6.98. The molecule has 0 saturated carbocycles. The van der Waals surface area contributed by atoms with Crippen molar-refractivity contribution in [2.45, 2.75) is 32.8 Å². The molecule has 136 valence electrons. The minimum atomic E-state index is -1.15. The first-order valence-electron chi connectivity index (χ1n) is 8.46. The summed E-state index contributed by atoms with van der Waals surface area (Å²) < 4.78 is 7.25. The monoisotopic (exact) mass is 345 g/mol. The molecule has 1 aromatic heterocycles. The number of carbonyl (C=O) groups is 1. The minimum Gasteiger partial charge on any atom is -0.493 e. The molecule has 1 aromatic carbocycles. The van der Waals surface area contributed by atoms with Gasteiger partial charge in [0.25, 0.3) is 0 Å². The van der Waals surface area contributed by atoms with Gasteiger partial charge in [0.2, 0.25) is 5.91 Å². The van der Waals surface area contributed by atoms with Crippen LogP contribution in [-0.2, 0) is 23.9 Å². The number of amides is 1. The molecule has 0 aliphatic carbocycles. The zero-order valence-corrected chi connectivity index (χ0v) is 15.3. The average molecular weight is 345 g/mol. The van der Waals surface area contributed by atoms with E-state index in [1.165, 1.54) is 0 Å². The van der Waals surface area contributed by atoms with Crippen LogP contribution in [0.4, 0.5) is 0 Å². The molecule has 0 spiro atoms. The standard InChI is InChI=1S/C19H27N3O3/c1-14(2)12-25-17-7-5-15(6-8-17)9-18(23)20-13-19(3,24)16-10-21-22(4)11-16/h5-8,10-11,14,24H,9,12-13H2,1-4H3,(H,20,23). The first-order chi connectivity index (χ1) is 11.8. The van der Waals surface area contributed by atoms with Crippen LogP contribution >= 0.6 is 0 Å². The number of aromatic nitrogens is 2. The first-order valence-corrected chi connectivity index (χ1v) is 8.46. The predicted molar refractivity (Wildman–Crippen MR) is 96.3 cm³/mol. The van der Waals surface area contributed by atoms with Crippen LogP contribution in [0.15, 0.2) is 36.7 Å². The predicted octanol–water partition coefficient (Wildman–Crippen LogP) is 2.02. The van der Waals surface area contributed by atoms with Gasteiger partial charge < -0.3 is 15.2 Å². The van der Waals surface area contributed by atoms with Gasteiger partial charge in [0, 0.05) is 18.8 Å². The van der Waals surface area contributed by atoms with E-state index in [2.05, 4.69) is 24.3 Å². The SMILES string of the molecule is CC(C)COc1ccc(CC(=O)NCC(C)(O)c2cnn(C)c2)cc1. The van der Waals surface area contributed by atoms with Crippen LogP contribution in [0.5, 0.6) is 5.75 Å². The molecule has 0 saturated heterocycles. The van der Waals surface area contributed by atoms with Crippen molar-refractivity contribution >= 4 is 5.91 Å². The largest absolute Gasteiger partial charge is 0.493 e. The number of benzene rings is 1. The highest BCUT2D eigenvalue weighted by atomic mass is 16.5. The van der Waals surface area contributed by atoms with Crippen LogP contribution in [0.2, 0.25) is 0 Å². The van der Waals surface area contributed by atoms with Crippen LogP contribution in [-0.4, -0.2) is 33.9 Å². The molecular formula is C19H27N3O3. The van der Waals surface area contributed by atoms with Crippen molar-refractivity contribution in [3.8, 4) is 5.75 Å². The molecular weight excluding hydrogens is 318 g/mol. The Morgan fingerprint density at radius 3 is 2.60 bits per heavy atom. The fraction of sp³-hybridized carbons (Fsp3) is 0.474. The molecule has 0 radical (unpaired) electrons. The molecule has 0 aliphatic rings. The third kappa shape index (κ3) is 5.90. The maximum atomic E-state index is 12.1. The number of aryl methyl sites for hydroxylation is 1. The maximum absolute atomic E-state index is 12.1. The van der Waals surface area contributed by atoms with E-state index in [-0.39, 0.29) is 18.9 Å². The molecule has 0 aliphatic heterocycles. The van der Waals surface area contributed by atoms with Gasteiger partial charge in [-0.3, -0.25) is 9.48 Å². The molecule has 1 heterocycles. The highest BCUT2D eigenvalue weighted by Crippen LogP contribution is 2.18. The Morgan fingerprint density at radius 1 is 1.36 bits per heavy atom. The lowest BCUT2D eigenvalue weighted by atomic mass is 9.99. The molecule has 2 rings (SSSR count). The summed E-state index contributed by atoms with van der Waals surface area (Å²) in [5.74, 6) is 1.13. The summed E-state index contributed by atoms with van der Waals surface area (Å²) >= 11 is 0. The number of carbonyl (C=O) groups excluding carboxylic acids is 1. The van der Waals surface area contributed by atoms with Crippen LogP contribution in [0.3, 0.4) is 0 Å². The van der Waals surface area contributed by atoms with Crippen molar-refractivity contribution in [1.82, 2.24) is 15.1 Å². The third-order valence-electron chi connectivity index (χ3n) is 3.83. The lowest BCUT2D eigenvalue weighted by Crippen LogP contribution is -2.39. The van der Waals surface area contributed by atoms with Crippen LogP contribution in [0.25, 0.3) is 0 Å². The highest BCUT2D eigenvalue weighted by Gasteiger charge is 2.25. The van der Waals surface area contributed by atoms with Crippen molar-refractivity contribution < 1.29 is 14.6 Å². The molecule has 0 fully saturated rings.